The Morgan fingerprint density at radius 2 is 1.90 bits per heavy atom. The lowest BCUT2D eigenvalue weighted by atomic mass is 10.00. The van der Waals surface area contributed by atoms with E-state index in [4.69, 9.17) is 15.2 Å². The predicted molar refractivity (Wildman–Crippen MR) is 85.2 cm³/mol. The van der Waals surface area contributed by atoms with Crippen molar-refractivity contribution in [1.82, 2.24) is 4.98 Å². The van der Waals surface area contributed by atoms with Gasteiger partial charge in [-0.25, -0.2) is 0 Å². The molecule has 0 saturated heterocycles. The molecule has 1 atom stereocenters. The van der Waals surface area contributed by atoms with Crippen molar-refractivity contribution < 1.29 is 9.47 Å². The maximum Gasteiger partial charge on any atom is 0.141 e. The zero-order valence-corrected chi connectivity index (χ0v) is 14.2. The summed E-state index contributed by atoms with van der Waals surface area (Å²) in [6, 6.07) is 5.35. The highest BCUT2D eigenvalue weighted by Crippen LogP contribution is 2.40. The van der Waals surface area contributed by atoms with E-state index in [-0.39, 0.29) is 6.04 Å². The first-order valence-electron chi connectivity index (χ1n) is 5.85. The van der Waals surface area contributed by atoms with E-state index in [2.05, 4.69) is 36.8 Å². The van der Waals surface area contributed by atoms with Gasteiger partial charge in [0.25, 0.3) is 0 Å². The molecule has 20 heavy (non-hydrogen) atoms. The van der Waals surface area contributed by atoms with Crippen LogP contribution in [0.15, 0.2) is 39.5 Å². The fourth-order valence-electron chi connectivity index (χ4n) is 1.94. The molecule has 4 nitrogen and oxygen atoms in total. The lowest BCUT2D eigenvalue weighted by molar-refractivity contribution is 0.385. The molecule has 0 aliphatic carbocycles. The van der Waals surface area contributed by atoms with Gasteiger partial charge in [0.05, 0.1) is 20.3 Å². The fraction of sp³-hybridized carbons (Fsp3) is 0.214. The third-order valence-electron chi connectivity index (χ3n) is 2.94. The van der Waals surface area contributed by atoms with E-state index in [0.717, 1.165) is 20.1 Å². The van der Waals surface area contributed by atoms with Crippen LogP contribution in [0.3, 0.4) is 0 Å². The maximum atomic E-state index is 6.32. The first-order valence-corrected chi connectivity index (χ1v) is 7.43. The van der Waals surface area contributed by atoms with Crippen LogP contribution >= 0.6 is 31.9 Å². The normalized spacial score (nSPS) is 12.1. The largest absolute Gasteiger partial charge is 0.495 e. The Labute approximate surface area is 134 Å². The van der Waals surface area contributed by atoms with Gasteiger partial charge in [-0.1, -0.05) is 0 Å². The standard InChI is InChI=1S/C14H14Br2N2O2/c1-19-11-4-3-10(14(20-2)12(11)16)13(17)8-5-9(15)7-18-6-8/h3-7,13H,17H2,1-2H3. The lowest BCUT2D eigenvalue weighted by Crippen LogP contribution is -2.13. The molecule has 1 aromatic heterocycles. The molecule has 0 spiro atoms. The summed E-state index contributed by atoms with van der Waals surface area (Å²) in [5, 5.41) is 0. The number of rotatable bonds is 4. The molecule has 2 rings (SSSR count). The topological polar surface area (TPSA) is 57.4 Å². The van der Waals surface area contributed by atoms with E-state index >= 15 is 0 Å². The quantitative estimate of drug-likeness (QED) is 0.848. The minimum absolute atomic E-state index is 0.336. The predicted octanol–water partition coefficient (Wildman–Crippen LogP) is 3.67. The number of aromatic nitrogens is 1. The molecule has 6 heteroatoms. The number of halogens is 2. The van der Waals surface area contributed by atoms with Crippen LogP contribution in [0.5, 0.6) is 11.5 Å². The molecule has 0 radical (unpaired) electrons. The minimum atomic E-state index is -0.336. The molecule has 1 heterocycles. The Kier molecular flexibility index (Phi) is 5.01. The van der Waals surface area contributed by atoms with Gasteiger partial charge in [-0.05, 0) is 55.6 Å². The monoisotopic (exact) mass is 400 g/mol. The summed E-state index contributed by atoms with van der Waals surface area (Å²) in [6.45, 7) is 0. The van der Waals surface area contributed by atoms with Crippen LogP contribution in [0, 0.1) is 0 Å². The Morgan fingerprint density at radius 1 is 1.15 bits per heavy atom. The SMILES string of the molecule is COc1ccc(C(N)c2cncc(Br)c2)c(OC)c1Br. The maximum absolute atomic E-state index is 6.32. The lowest BCUT2D eigenvalue weighted by Gasteiger charge is -2.18. The third-order valence-corrected chi connectivity index (χ3v) is 4.12. The number of pyridine rings is 1. The summed E-state index contributed by atoms with van der Waals surface area (Å²) in [6.07, 6.45) is 3.46. The highest BCUT2D eigenvalue weighted by molar-refractivity contribution is 9.11. The molecule has 0 amide bonds. The van der Waals surface area contributed by atoms with Gasteiger partial charge in [0, 0.05) is 22.4 Å². The van der Waals surface area contributed by atoms with Crippen LogP contribution in [-0.2, 0) is 0 Å². The van der Waals surface area contributed by atoms with Crippen LogP contribution in [0.4, 0.5) is 0 Å². The third kappa shape index (κ3) is 2.97. The van der Waals surface area contributed by atoms with Crippen molar-refractivity contribution in [3.8, 4) is 11.5 Å². The van der Waals surface area contributed by atoms with Crippen molar-refractivity contribution in [2.24, 2.45) is 5.73 Å². The first-order chi connectivity index (χ1) is 9.58. The minimum Gasteiger partial charge on any atom is -0.495 e. The number of hydrogen-bond acceptors (Lipinski definition) is 4. The number of hydrogen-bond donors (Lipinski definition) is 1. The van der Waals surface area contributed by atoms with Crippen LogP contribution in [-0.4, -0.2) is 19.2 Å². The van der Waals surface area contributed by atoms with E-state index in [0.29, 0.717) is 11.5 Å². The van der Waals surface area contributed by atoms with Gasteiger partial charge >= 0.3 is 0 Å². The molecule has 1 unspecified atom stereocenters. The highest BCUT2D eigenvalue weighted by Gasteiger charge is 2.19. The molecular formula is C14H14Br2N2O2. The van der Waals surface area contributed by atoms with Gasteiger partial charge < -0.3 is 15.2 Å². The molecule has 0 bridgehead atoms. The fourth-order valence-corrected chi connectivity index (χ4v) is 3.01. The Balaban J connectivity index is 2.49. The Morgan fingerprint density at radius 3 is 2.50 bits per heavy atom. The molecule has 2 N–H and O–H groups in total. The van der Waals surface area contributed by atoms with Crippen molar-refractivity contribution in [2.75, 3.05) is 14.2 Å². The number of benzene rings is 1. The first kappa shape index (κ1) is 15.3. The number of methoxy groups -OCH3 is 2. The van der Waals surface area contributed by atoms with Crippen LogP contribution in [0.2, 0.25) is 0 Å². The molecule has 0 fully saturated rings. The van der Waals surface area contributed by atoms with Crippen molar-refractivity contribution in [2.45, 2.75) is 6.04 Å². The van der Waals surface area contributed by atoms with E-state index < -0.39 is 0 Å². The summed E-state index contributed by atoms with van der Waals surface area (Å²) in [7, 11) is 3.21. The van der Waals surface area contributed by atoms with Gasteiger partial charge in [-0.15, -0.1) is 0 Å². The molecular weight excluding hydrogens is 388 g/mol. The van der Waals surface area contributed by atoms with Crippen LogP contribution < -0.4 is 15.2 Å². The van der Waals surface area contributed by atoms with E-state index in [9.17, 15) is 0 Å². The van der Waals surface area contributed by atoms with Crippen molar-refractivity contribution in [3.05, 3.63) is 50.7 Å². The van der Waals surface area contributed by atoms with Gasteiger partial charge in [0.2, 0.25) is 0 Å². The average Bonchev–Trinajstić information content (AvgIpc) is 2.46. The second kappa shape index (κ2) is 6.56. The summed E-state index contributed by atoms with van der Waals surface area (Å²) >= 11 is 6.87. The number of ether oxygens (including phenoxy) is 2. The second-order valence-electron chi connectivity index (χ2n) is 4.12. The van der Waals surface area contributed by atoms with Crippen molar-refractivity contribution in [1.29, 1.82) is 0 Å². The molecule has 0 saturated carbocycles. The van der Waals surface area contributed by atoms with Gasteiger partial charge in [-0.3, -0.25) is 4.98 Å². The van der Waals surface area contributed by atoms with E-state index in [1.165, 1.54) is 0 Å². The molecule has 2 aromatic rings. The molecule has 0 aliphatic rings. The van der Waals surface area contributed by atoms with Crippen molar-refractivity contribution in [3.63, 3.8) is 0 Å². The summed E-state index contributed by atoms with van der Waals surface area (Å²) in [5.41, 5.74) is 8.08. The smallest absolute Gasteiger partial charge is 0.141 e. The summed E-state index contributed by atoms with van der Waals surface area (Å²) < 4.78 is 12.3. The molecule has 0 aliphatic heterocycles. The van der Waals surface area contributed by atoms with Gasteiger partial charge in [-0.2, -0.15) is 0 Å². The number of nitrogens with two attached hydrogens (primary N) is 1. The Hall–Kier alpha value is -1.11. The average molecular weight is 402 g/mol. The molecule has 1 aromatic carbocycles. The summed E-state index contributed by atoms with van der Waals surface area (Å²) in [4.78, 5) is 4.14. The Bertz CT molecular complexity index is 620. The van der Waals surface area contributed by atoms with Crippen LogP contribution in [0.1, 0.15) is 17.2 Å². The molecule has 106 valence electrons. The zero-order valence-electron chi connectivity index (χ0n) is 11.1. The zero-order chi connectivity index (χ0) is 14.7. The van der Waals surface area contributed by atoms with Crippen molar-refractivity contribution >= 4 is 31.9 Å². The number of nitrogens with zero attached hydrogens (tertiary/aromatic N) is 1. The summed E-state index contributed by atoms with van der Waals surface area (Å²) in [5.74, 6) is 1.36. The van der Waals surface area contributed by atoms with Crippen LogP contribution in [0.25, 0.3) is 0 Å². The van der Waals surface area contributed by atoms with Gasteiger partial charge in [0.15, 0.2) is 0 Å². The highest BCUT2D eigenvalue weighted by atomic mass is 79.9. The van der Waals surface area contributed by atoms with Gasteiger partial charge in [0.1, 0.15) is 16.0 Å². The van der Waals surface area contributed by atoms with E-state index in [1.54, 1.807) is 26.6 Å². The van der Waals surface area contributed by atoms with E-state index in [1.807, 2.05) is 18.2 Å². The second-order valence-corrected chi connectivity index (χ2v) is 5.83.